The number of hydrogen-bond donors (Lipinski definition) is 3. The second-order valence-corrected chi connectivity index (χ2v) is 9.23. The van der Waals surface area contributed by atoms with E-state index < -0.39 is 23.7 Å². The normalized spacial score (nSPS) is 15.9. The number of carbonyl (C=O) groups excluding carboxylic acids is 1. The molecule has 0 saturated heterocycles. The molecule has 182 valence electrons. The van der Waals surface area contributed by atoms with Crippen LogP contribution in [-0.2, 0) is 17.6 Å². The highest BCUT2D eigenvalue weighted by molar-refractivity contribution is 5.96. The molecule has 1 fully saturated rings. The van der Waals surface area contributed by atoms with E-state index in [9.17, 15) is 19.1 Å². The lowest BCUT2D eigenvalue weighted by Gasteiger charge is -2.24. The van der Waals surface area contributed by atoms with E-state index in [2.05, 4.69) is 27.7 Å². The summed E-state index contributed by atoms with van der Waals surface area (Å²) in [7, 11) is 0. The Morgan fingerprint density at radius 2 is 2.06 bits per heavy atom. The molecule has 1 amide bonds. The maximum atomic E-state index is 13.4. The maximum absolute atomic E-state index is 13.4. The van der Waals surface area contributed by atoms with Crippen molar-refractivity contribution in [1.82, 2.24) is 15.2 Å². The van der Waals surface area contributed by atoms with Gasteiger partial charge in [-0.15, -0.1) is 0 Å². The first kappa shape index (κ1) is 24.1. The van der Waals surface area contributed by atoms with Crippen LogP contribution in [0.4, 0.5) is 10.2 Å². The third-order valence-corrected chi connectivity index (χ3v) is 6.54. The fourth-order valence-electron chi connectivity index (χ4n) is 4.47. The summed E-state index contributed by atoms with van der Waals surface area (Å²) in [6, 6.07) is 9.07. The third kappa shape index (κ3) is 6.76. The van der Waals surface area contributed by atoms with Gasteiger partial charge in [0.05, 0.1) is 0 Å². The number of pyridine rings is 1. The van der Waals surface area contributed by atoms with E-state index >= 15 is 0 Å². The quantitative estimate of drug-likeness (QED) is 0.412. The number of carbonyl (C=O) groups is 2. The molecule has 34 heavy (non-hydrogen) atoms. The average Bonchev–Trinajstić information content (AvgIpc) is 3.67. The molecular formula is C26H33FN4O3. The molecule has 2 heterocycles. The van der Waals surface area contributed by atoms with Crippen LogP contribution in [-0.4, -0.2) is 58.6 Å². The van der Waals surface area contributed by atoms with Crippen molar-refractivity contribution < 1.29 is 19.1 Å². The molecular weight excluding hydrogens is 435 g/mol. The monoisotopic (exact) mass is 468 g/mol. The van der Waals surface area contributed by atoms with E-state index in [4.69, 9.17) is 4.98 Å². The molecule has 1 atom stereocenters. The summed E-state index contributed by atoms with van der Waals surface area (Å²) in [5.74, 6) is -1.14. The van der Waals surface area contributed by atoms with Crippen molar-refractivity contribution in [3.05, 3.63) is 59.0 Å². The van der Waals surface area contributed by atoms with E-state index in [-0.39, 0.29) is 5.56 Å². The van der Waals surface area contributed by atoms with Crippen molar-refractivity contribution in [3.63, 3.8) is 0 Å². The summed E-state index contributed by atoms with van der Waals surface area (Å²) >= 11 is 0. The van der Waals surface area contributed by atoms with Gasteiger partial charge >= 0.3 is 5.97 Å². The molecule has 0 radical (unpaired) electrons. The lowest BCUT2D eigenvalue weighted by Crippen LogP contribution is -2.43. The Kier molecular flexibility index (Phi) is 8.11. The Morgan fingerprint density at radius 1 is 1.21 bits per heavy atom. The minimum atomic E-state index is -1.08. The minimum Gasteiger partial charge on any atom is -0.480 e. The molecule has 0 spiro atoms. The SMILES string of the molecule is O=C(NC(CCN(CCCCc1ccc2c(n1)NCCC2)C1CC1)C(=O)O)c1cccc(F)c1. The lowest BCUT2D eigenvalue weighted by atomic mass is 10.1. The average molecular weight is 469 g/mol. The number of carboxylic acid groups (broad SMARTS) is 1. The fraction of sp³-hybridized carbons (Fsp3) is 0.500. The van der Waals surface area contributed by atoms with Gasteiger partial charge in [0.2, 0.25) is 0 Å². The number of rotatable bonds is 12. The van der Waals surface area contributed by atoms with E-state index in [1.807, 2.05) is 0 Å². The van der Waals surface area contributed by atoms with Crippen molar-refractivity contribution in [3.8, 4) is 0 Å². The molecule has 0 bridgehead atoms. The zero-order chi connectivity index (χ0) is 23.9. The summed E-state index contributed by atoms with van der Waals surface area (Å²) in [6.45, 7) is 2.49. The van der Waals surface area contributed by atoms with Crippen LogP contribution < -0.4 is 10.6 Å². The number of carboxylic acids is 1. The number of benzene rings is 1. The Bertz CT molecular complexity index is 1010. The van der Waals surface area contributed by atoms with Crippen LogP contribution in [0.25, 0.3) is 0 Å². The first-order valence-corrected chi connectivity index (χ1v) is 12.3. The van der Waals surface area contributed by atoms with E-state index in [1.54, 1.807) is 0 Å². The maximum Gasteiger partial charge on any atom is 0.326 e. The number of unbranched alkanes of at least 4 members (excludes halogenated alkanes) is 1. The predicted octanol–water partition coefficient (Wildman–Crippen LogP) is 3.64. The molecule has 1 aliphatic carbocycles. The number of aromatic nitrogens is 1. The Balaban J connectivity index is 1.23. The van der Waals surface area contributed by atoms with E-state index in [0.717, 1.165) is 75.6 Å². The fourth-order valence-corrected chi connectivity index (χ4v) is 4.47. The second kappa shape index (κ2) is 11.4. The number of aliphatic carboxylic acids is 1. The van der Waals surface area contributed by atoms with Crippen LogP contribution in [0.2, 0.25) is 0 Å². The van der Waals surface area contributed by atoms with Crippen LogP contribution in [0.15, 0.2) is 36.4 Å². The molecule has 1 aliphatic heterocycles. The van der Waals surface area contributed by atoms with Crippen LogP contribution in [0.3, 0.4) is 0 Å². The highest BCUT2D eigenvalue weighted by atomic mass is 19.1. The number of amides is 1. The van der Waals surface area contributed by atoms with Gasteiger partial charge in [-0.3, -0.25) is 4.79 Å². The topological polar surface area (TPSA) is 94.6 Å². The van der Waals surface area contributed by atoms with Gasteiger partial charge < -0.3 is 20.6 Å². The first-order valence-electron chi connectivity index (χ1n) is 12.3. The third-order valence-electron chi connectivity index (χ3n) is 6.54. The molecule has 4 rings (SSSR count). The molecule has 8 heteroatoms. The summed E-state index contributed by atoms with van der Waals surface area (Å²) < 4.78 is 13.4. The molecule has 2 aromatic rings. The summed E-state index contributed by atoms with van der Waals surface area (Å²) in [6.07, 6.45) is 7.77. The lowest BCUT2D eigenvalue weighted by molar-refractivity contribution is -0.139. The number of nitrogens with one attached hydrogen (secondary N) is 2. The number of fused-ring (bicyclic) bond motifs is 1. The number of anilines is 1. The van der Waals surface area contributed by atoms with Crippen LogP contribution >= 0.6 is 0 Å². The van der Waals surface area contributed by atoms with Crippen molar-refractivity contribution in [2.45, 2.75) is 63.5 Å². The van der Waals surface area contributed by atoms with Crippen LogP contribution in [0.5, 0.6) is 0 Å². The Hall–Kier alpha value is -3.00. The molecule has 3 N–H and O–H groups in total. The van der Waals surface area contributed by atoms with Gasteiger partial charge in [-0.2, -0.15) is 0 Å². The largest absolute Gasteiger partial charge is 0.480 e. The van der Waals surface area contributed by atoms with E-state index in [1.165, 1.54) is 23.8 Å². The van der Waals surface area contributed by atoms with Crippen molar-refractivity contribution >= 4 is 17.7 Å². The number of hydrogen-bond acceptors (Lipinski definition) is 5. The van der Waals surface area contributed by atoms with Crippen molar-refractivity contribution in [1.29, 1.82) is 0 Å². The minimum absolute atomic E-state index is 0.122. The number of aryl methyl sites for hydroxylation is 2. The van der Waals surface area contributed by atoms with Crippen molar-refractivity contribution in [2.75, 3.05) is 25.0 Å². The van der Waals surface area contributed by atoms with Gasteiger partial charge in [0.1, 0.15) is 17.7 Å². The second-order valence-electron chi connectivity index (χ2n) is 9.23. The smallest absolute Gasteiger partial charge is 0.326 e. The molecule has 1 aromatic heterocycles. The molecule has 2 aliphatic rings. The van der Waals surface area contributed by atoms with Gasteiger partial charge in [0, 0.05) is 30.4 Å². The molecule has 1 saturated carbocycles. The summed E-state index contributed by atoms with van der Waals surface area (Å²) in [5.41, 5.74) is 2.53. The van der Waals surface area contributed by atoms with Gasteiger partial charge in [-0.1, -0.05) is 12.1 Å². The Labute approximate surface area is 199 Å². The molecule has 7 nitrogen and oxygen atoms in total. The standard InChI is InChI=1S/C26H33FN4O3/c27-20-7-3-5-19(17-20)25(32)30-23(26(33)34)13-16-31(22-11-12-22)15-2-1-8-21-10-9-18-6-4-14-28-24(18)29-21/h3,5,7,9-10,17,22-23H,1-2,4,6,8,11-16H2,(H,28,29)(H,30,32)(H,33,34). The molecule has 1 aromatic carbocycles. The van der Waals surface area contributed by atoms with Crippen LogP contribution in [0.1, 0.15) is 60.1 Å². The van der Waals surface area contributed by atoms with Crippen LogP contribution in [0, 0.1) is 5.82 Å². The zero-order valence-corrected chi connectivity index (χ0v) is 19.4. The highest BCUT2D eigenvalue weighted by Gasteiger charge is 2.30. The summed E-state index contributed by atoms with van der Waals surface area (Å²) in [4.78, 5) is 31.2. The first-order chi connectivity index (χ1) is 16.5. The number of nitrogens with zero attached hydrogens (tertiary/aromatic N) is 2. The number of halogens is 1. The van der Waals surface area contributed by atoms with Crippen molar-refractivity contribution in [2.24, 2.45) is 0 Å². The van der Waals surface area contributed by atoms with Gasteiger partial charge in [-0.25, -0.2) is 14.2 Å². The summed E-state index contributed by atoms with van der Waals surface area (Å²) in [5, 5.41) is 15.5. The highest BCUT2D eigenvalue weighted by Crippen LogP contribution is 2.27. The van der Waals surface area contributed by atoms with Gasteiger partial charge in [-0.05, 0) is 87.7 Å². The Morgan fingerprint density at radius 3 is 2.82 bits per heavy atom. The van der Waals surface area contributed by atoms with Gasteiger partial charge in [0.25, 0.3) is 5.91 Å². The van der Waals surface area contributed by atoms with Gasteiger partial charge in [0.15, 0.2) is 0 Å². The zero-order valence-electron chi connectivity index (χ0n) is 19.4. The molecule has 1 unspecified atom stereocenters. The van der Waals surface area contributed by atoms with E-state index in [0.29, 0.717) is 19.0 Å². The predicted molar refractivity (Wildman–Crippen MR) is 128 cm³/mol.